The number of para-hydroxylation sites is 2. The second kappa shape index (κ2) is 7.68. The molecule has 0 aliphatic rings. The van der Waals surface area contributed by atoms with Crippen molar-refractivity contribution in [2.24, 2.45) is 0 Å². The number of unbranched alkanes of at least 4 members (excludes halogenated alkanes) is 5. The molecule has 0 aliphatic heterocycles. The first kappa shape index (κ1) is 14.6. The number of nitrogens with two attached hydrogens (primary N) is 1. The fraction of sp³-hybridized carbons (Fsp3) is 0.500. The minimum Gasteiger partial charge on any atom is -0.475 e. The summed E-state index contributed by atoms with van der Waals surface area (Å²) in [7, 11) is 0. The lowest BCUT2D eigenvalue weighted by Gasteiger charge is -2.08. The highest BCUT2D eigenvalue weighted by Gasteiger charge is 2.06. The molecule has 2 N–H and O–H groups in total. The maximum absolute atomic E-state index is 5.87. The van der Waals surface area contributed by atoms with E-state index in [1.54, 1.807) is 0 Å². The van der Waals surface area contributed by atoms with Gasteiger partial charge in [-0.2, -0.15) is 0 Å². The third-order valence-electron chi connectivity index (χ3n) is 3.30. The molecule has 2 aromatic rings. The summed E-state index contributed by atoms with van der Waals surface area (Å²) in [5, 5.41) is 0. The van der Waals surface area contributed by atoms with Gasteiger partial charge in [0.15, 0.2) is 5.82 Å². The summed E-state index contributed by atoms with van der Waals surface area (Å²) >= 11 is 0. The number of anilines is 1. The van der Waals surface area contributed by atoms with Crippen LogP contribution in [0.3, 0.4) is 0 Å². The Kier molecular flexibility index (Phi) is 5.59. The zero-order valence-corrected chi connectivity index (χ0v) is 12.1. The number of benzene rings is 1. The third kappa shape index (κ3) is 4.08. The van der Waals surface area contributed by atoms with Crippen LogP contribution in [0, 0.1) is 0 Å². The Morgan fingerprint density at radius 1 is 0.950 bits per heavy atom. The molecule has 0 fully saturated rings. The van der Waals surface area contributed by atoms with Crippen LogP contribution in [-0.4, -0.2) is 16.6 Å². The van der Waals surface area contributed by atoms with E-state index in [1.165, 1.54) is 32.1 Å². The lowest BCUT2D eigenvalue weighted by atomic mass is 10.1. The molecule has 0 saturated carbocycles. The van der Waals surface area contributed by atoms with Crippen molar-refractivity contribution in [3.63, 3.8) is 0 Å². The minimum absolute atomic E-state index is 0.370. The minimum atomic E-state index is 0.370. The second-order valence-corrected chi connectivity index (χ2v) is 5.02. The average Bonchev–Trinajstić information content (AvgIpc) is 2.46. The number of nitrogen functional groups attached to an aromatic ring is 1. The molecule has 1 aromatic carbocycles. The molecule has 1 heterocycles. The summed E-state index contributed by atoms with van der Waals surface area (Å²) in [6, 6.07) is 7.67. The van der Waals surface area contributed by atoms with Gasteiger partial charge < -0.3 is 10.5 Å². The summed E-state index contributed by atoms with van der Waals surface area (Å²) < 4.78 is 5.65. The van der Waals surface area contributed by atoms with Gasteiger partial charge in [-0.15, -0.1) is 0 Å². The van der Waals surface area contributed by atoms with E-state index in [1.807, 2.05) is 24.3 Å². The van der Waals surface area contributed by atoms with Crippen molar-refractivity contribution in [1.82, 2.24) is 9.97 Å². The molecule has 2 rings (SSSR count). The fourth-order valence-electron chi connectivity index (χ4n) is 2.15. The van der Waals surface area contributed by atoms with Gasteiger partial charge in [0, 0.05) is 0 Å². The van der Waals surface area contributed by atoms with Crippen LogP contribution < -0.4 is 10.5 Å². The van der Waals surface area contributed by atoms with Gasteiger partial charge in [-0.3, -0.25) is 0 Å². The summed E-state index contributed by atoms with van der Waals surface area (Å²) in [5.74, 6) is 0.826. The molecule has 0 unspecified atom stereocenters. The van der Waals surface area contributed by atoms with E-state index < -0.39 is 0 Å². The Morgan fingerprint density at radius 2 is 1.60 bits per heavy atom. The van der Waals surface area contributed by atoms with Crippen molar-refractivity contribution in [3.8, 4) is 5.88 Å². The molecule has 0 amide bonds. The number of hydrogen-bond donors (Lipinski definition) is 1. The van der Waals surface area contributed by atoms with Crippen molar-refractivity contribution in [3.05, 3.63) is 24.3 Å². The second-order valence-electron chi connectivity index (χ2n) is 5.02. The average molecular weight is 273 g/mol. The number of rotatable bonds is 8. The first-order valence-electron chi connectivity index (χ1n) is 7.46. The van der Waals surface area contributed by atoms with Gasteiger partial charge in [-0.25, -0.2) is 9.97 Å². The Balaban J connectivity index is 1.82. The number of aromatic nitrogens is 2. The SMILES string of the molecule is CCCCCCCCOc1nc2ccccc2nc1N. The topological polar surface area (TPSA) is 61.0 Å². The fourth-order valence-corrected chi connectivity index (χ4v) is 2.15. The lowest BCUT2D eigenvalue weighted by molar-refractivity contribution is 0.295. The standard InChI is InChI=1S/C16H23N3O/c1-2-3-4-5-6-9-12-20-16-15(17)18-13-10-7-8-11-14(13)19-16/h7-8,10-11H,2-6,9,12H2,1H3,(H2,17,18). The van der Waals surface area contributed by atoms with E-state index in [0.29, 0.717) is 18.3 Å². The van der Waals surface area contributed by atoms with E-state index in [4.69, 9.17) is 10.5 Å². The molecule has 0 bridgehead atoms. The van der Waals surface area contributed by atoms with E-state index in [-0.39, 0.29) is 0 Å². The van der Waals surface area contributed by atoms with Crippen LogP contribution in [-0.2, 0) is 0 Å². The van der Waals surface area contributed by atoms with Gasteiger partial charge in [0.1, 0.15) is 0 Å². The Hall–Kier alpha value is -1.84. The van der Waals surface area contributed by atoms with E-state index in [2.05, 4.69) is 16.9 Å². The Labute approximate surface area is 120 Å². The van der Waals surface area contributed by atoms with Gasteiger partial charge in [-0.1, -0.05) is 51.2 Å². The predicted molar refractivity (Wildman–Crippen MR) is 82.8 cm³/mol. The number of fused-ring (bicyclic) bond motifs is 1. The Bertz CT molecular complexity index is 542. The van der Waals surface area contributed by atoms with E-state index in [0.717, 1.165) is 17.5 Å². The molecule has 0 spiro atoms. The normalized spacial score (nSPS) is 10.8. The molecule has 1 aromatic heterocycles. The van der Waals surface area contributed by atoms with Crippen molar-refractivity contribution in [1.29, 1.82) is 0 Å². The monoisotopic (exact) mass is 273 g/mol. The Morgan fingerprint density at radius 3 is 2.35 bits per heavy atom. The zero-order chi connectivity index (χ0) is 14.2. The first-order valence-corrected chi connectivity index (χ1v) is 7.46. The lowest BCUT2D eigenvalue weighted by Crippen LogP contribution is -2.04. The quantitative estimate of drug-likeness (QED) is 0.740. The van der Waals surface area contributed by atoms with Gasteiger partial charge >= 0.3 is 0 Å². The maximum atomic E-state index is 5.87. The smallest absolute Gasteiger partial charge is 0.257 e. The number of nitrogens with zero attached hydrogens (tertiary/aromatic N) is 2. The molecule has 0 radical (unpaired) electrons. The van der Waals surface area contributed by atoms with Crippen LogP contribution in [0.2, 0.25) is 0 Å². The molecule has 0 atom stereocenters. The van der Waals surface area contributed by atoms with Gasteiger partial charge in [-0.05, 0) is 18.6 Å². The summed E-state index contributed by atoms with van der Waals surface area (Å²) in [5.41, 5.74) is 7.49. The van der Waals surface area contributed by atoms with Gasteiger partial charge in [0.25, 0.3) is 5.88 Å². The zero-order valence-electron chi connectivity index (χ0n) is 12.1. The molecule has 0 aliphatic carbocycles. The molecule has 20 heavy (non-hydrogen) atoms. The summed E-state index contributed by atoms with van der Waals surface area (Å²) in [4.78, 5) is 8.72. The third-order valence-corrected chi connectivity index (χ3v) is 3.30. The highest BCUT2D eigenvalue weighted by atomic mass is 16.5. The molecular weight excluding hydrogens is 250 g/mol. The molecule has 4 heteroatoms. The molecule has 108 valence electrons. The van der Waals surface area contributed by atoms with Crippen LogP contribution in [0.1, 0.15) is 45.4 Å². The van der Waals surface area contributed by atoms with Crippen LogP contribution in [0.5, 0.6) is 5.88 Å². The largest absolute Gasteiger partial charge is 0.475 e. The van der Waals surface area contributed by atoms with Crippen molar-refractivity contribution in [2.45, 2.75) is 45.4 Å². The maximum Gasteiger partial charge on any atom is 0.257 e. The number of ether oxygens (including phenoxy) is 1. The number of hydrogen-bond acceptors (Lipinski definition) is 4. The van der Waals surface area contributed by atoms with Gasteiger partial charge in [0.05, 0.1) is 17.6 Å². The molecule has 4 nitrogen and oxygen atoms in total. The highest BCUT2D eigenvalue weighted by Crippen LogP contribution is 2.20. The van der Waals surface area contributed by atoms with Crippen molar-refractivity contribution in [2.75, 3.05) is 12.3 Å². The first-order chi connectivity index (χ1) is 9.81. The van der Waals surface area contributed by atoms with Crippen molar-refractivity contribution >= 4 is 16.9 Å². The van der Waals surface area contributed by atoms with Crippen LogP contribution in [0.4, 0.5) is 5.82 Å². The molecule has 0 saturated heterocycles. The molecular formula is C16H23N3O. The van der Waals surface area contributed by atoms with Crippen LogP contribution in [0.15, 0.2) is 24.3 Å². The summed E-state index contributed by atoms with van der Waals surface area (Å²) in [6.45, 7) is 2.88. The van der Waals surface area contributed by atoms with E-state index >= 15 is 0 Å². The van der Waals surface area contributed by atoms with Gasteiger partial charge in [0.2, 0.25) is 0 Å². The van der Waals surface area contributed by atoms with Crippen LogP contribution >= 0.6 is 0 Å². The predicted octanol–water partition coefficient (Wildman–Crippen LogP) is 3.95. The van der Waals surface area contributed by atoms with E-state index in [9.17, 15) is 0 Å². The highest BCUT2D eigenvalue weighted by molar-refractivity contribution is 5.76. The van der Waals surface area contributed by atoms with Crippen molar-refractivity contribution < 1.29 is 4.74 Å². The summed E-state index contributed by atoms with van der Waals surface area (Å²) in [6.07, 6.45) is 7.42. The van der Waals surface area contributed by atoms with Crippen LogP contribution in [0.25, 0.3) is 11.0 Å².